The van der Waals surface area contributed by atoms with E-state index in [0.717, 1.165) is 27.9 Å². The van der Waals surface area contributed by atoms with Gasteiger partial charge in [0.1, 0.15) is 5.75 Å². The Hall–Kier alpha value is -2.88. The largest absolute Gasteiger partial charge is 0.508 e. The van der Waals surface area contributed by atoms with Gasteiger partial charge in [-0.2, -0.15) is 4.98 Å². The zero-order chi connectivity index (χ0) is 15.7. The molecule has 0 saturated carbocycles. The van der Waals surface area contributed by atoms with Crippen LogP contribution in [0, 0.1) is 13.8 Å². The Morgan fingerprint density at radius 1 is 0.955 bits per heavy atom. The lowest BCUT2D eigenvalue weighted by molar-refractivity contribution is 0.471. The fraction of sp³-hybridized carbons (Fsp3) is 0.111. The number of phenolic OH excluding ortho intramolecular Hbond substituents is 1. The third kappa shape index (κ3) is 2.76. The third-order valence-corrected chi connectivity index (χ3v) is 3.60. The molecule has 1 aromatic heterocycles. The summed E-state index contributed by atoms with van der Waals surface area (Å²) in [7, 11) is 0. The second-order valence-corrected chi connectivity index (χ2v) is 5.35. The quantitative estimate of drug-likeness (QED) is 0.760. The molecule has 3 rings (SSSR count). The number of benzene rings is 2. The van der Waals surface area contributed by atoms with Crippen molar-refractivity contribution in [2.45, 2.75) is 13.8 Å². The van der Waals surface area contributed by atoms with Crippen LogP contribution in [0.3, 0.4) is 0 Å². The summed E-state index contributed by atoms with van der Waals surface area (Å²) in [6, 6.07) is 15.0. The SMILES string of the molecule is Cc1ccc(-c2cc(-c3ccc(O)c(C)c3)nc(=O)[nH]2)cc1. The molecule has 22 heavy (non-hydrogen) atoms. The summed E-state index contributed by atoms with van der Waals surface area (Å²) >= 11 is 0. The minimum Gasteiger partial charge on any atom is -0.508 e. The topological polar surface area (TPSA) is 66.0 Å². The summed E-state index contributed by atoms with van der Waals surface area (Å²) in [5.74, 6) is 0.229. The van der Waals surface area contributed by atoms with Gasteiger partial charge in [0.15, 0.2) is 0 Å². The highest BCUT2D eigenvalue weighted by Crippen LogP contribution is 2.25. The van der Waals surface area contributed by atoms with E-state index >= 15 is 0 Å². The molecule has 0 aliphatic heterocycles. The van der Waals surface area contributed by atoms with E-state index in [4.69, 9.17) is 0 Å². The van der Waals surface area contributed by atoms with Crippen LogP contribution >= 0.6 is 0 Å². The van der Waals surface area contributed by atoms with Crippen molar-refractivity contribution >= 4 is 0 Å². The average Bonchev–Trinajstić information content (AvgIpc) is 2.50. The van der Waals surface area contributed by atoms with Crippen molar-refractivity contribution in [2.24, 2.45) is 0 Å². The lowest BCUT2D eigenvalue weighted by Gasteiger charge is -2.07. The van der Waals surface area contributed by atoms with Gasteiger partial charge in [0.05, 0.1) is 11.4 Å². The Labute approximate surface area is 128 Å². The van der Waals surface area contributed by atoms with Gasteiger partial charge in [-0.05, 0) is 49.2 Å². The molecule has 0 unspecified atom stereocenters. The highest BCUT2D eigenvalue weighted by atomic mass is 16.3. The number of nitrogens with one attached hydrogen (secondary N) is 1. The summed E-state index contributed by atoms with van der Waals surface area (Å²) < 4.78 is 0. The molecule has 4 heteroatoms. The van der Waals surface area contributed by atoms with Gasteiger partial charge in [-0.1, -0.05) is 29.8 Å². The van der Waals surface area contributed by atoms with Gasteiger partial charge in [-0.25, -0.2) is 4.79 Å². The van der Waals surface area contributed by atoms with Crippen molar-refractivity contribution in [2.75, 3.05) is 0 Å². The van der Waals surface area contributed by atoms with Gasteiger partial charge >= 0.3 is 5.69 Å². The minimum atomic E-state index is -0.390. The fourth-order valence-electron chi connectivity index (χ4n) is 2.31. The van der Waals surface area contributed by atoms with Crippen LogP contribution in [-0.4, -0.2) is 15.1 Å². The van der Waals surface area contributed by atoms with Gasteiger partial charge in [0.2, 0.25) is 0 Å². The molecule has 110 valence electrons. The Balaban J connectivity index is 2.12. The number of aromatic amines is 1. The van der Waals surface area contributed by atoms with E-state index in [2.05, 4.69) is 9.97 Å². The predicted octanol–water partition coefficient (Wildman–Crippen LogP) is 3.43. The van der Waals surface area contributed by atoms with Crippen molar-refractivity contribution < 1.29 is 5.11 Å². The number of hydrogen-bond acceptors (Lipinski definition) is 3. The standard InChI is InChI=1S/C18H16N2O2/c1-11-3-5-13(6-4-11)15-10-16(20-18(22)19-15)14-7-8-17(21)12(2)9-14/h3-10,21H,1-2H3,(H,19,20,22). The van der Waals surface area contributed by atoms with E-state index < -0.39 is 0 Å². The number of phenols is 1. The molecular weight excluding hydrogens is 276 g/mol. The number of aromatic hydroxyl groups is 1. The number of aromatic nitrogens is 2. The van der Waals surface area contributed by atoms with Crippen molar-refractivity contribution in [3.63, 3.8) is 0 Å². The Bertz CT molecular complexity index is 880. The first-order chi connectivity index (χ1) is 10.5. The van der Waals surface area contributed by atoms with E-state index in [1.54, 1.807) is 12.1 Å². The Kier molecular flexibility index (Phi) is 3.51. The van der Waals surface area contributed by atoms with E-state index in [9.17, 15) is 9.90 Å². The van der Waals surface area contributed by atoms with Gasteiger partial charge in [0, 0.05) is 5.56 Å². The van der Waals surface area contributed by atoms with Crippen molar-refractivity contribution in [3.8, 4) is 28.3 Å². The van der Waals surface area contributed by atoms with Crippen molar-refractivity contribution in [1.82, 2.24) is 9.97 Å². The highest BCUT2D eigenvalue weighted by Gasteiger charge is 2.07. The number of hydrogen-bond donors (Lipinski definition) is 2. The first kappa shape index (κ1) is 14.1. The molecule has 2 N–H and O–H groups in total. The summed E-state index contributed by atoms with van der Waals surface area (Å²) in [6.45, 7) is 3.83. The second kappa shape index (κ2) is 5.48. The number of rotatable bonds is 2. The number of H-pyrrole nitrogens is 1. The number of aryl methyl sites for hydroxylation is 2. The van der Waals surface area contributed by atoms with Crippen LogP contribution in [0.4, 0.5) is 0 Å². The second-order valence-electron chi connectivity index (χ2n) is 5.35. The van der Waals surface area contributed by atoms with Crippen LogP contribution in [0.1, 0.15) is 11.1 Å². The smallest absolute Gasteiger partial charge is 0.345 e. The van der Waals surface area contributed by atoms with E-state index in [1.807, 2.05) is 50.2 Å². The van der Waals surface area contributed by atoms with Gasteiger partial charge in [-0.15, -0.1) is 0 Å². The van der Waals surface area contributed by atoms with E-state index in [0.29, 0.717) is 5.69 Å². The van der Waals surface area contributed by atoms with Crippen LogP contribution in [0.15, 0.2) is 53.3 Å². The maximum absolute atomic E-state index is 11.9. The van der Waals surface area contributed by atoms with Crippen LogP contribution in [0.5, 0.6) is 5.75 Å². The molecule has 0 spiro atoms. The summed E-state index contributed by atoms with van der Waals surface area (Å²) in [4.78, 5) is 18.6. The molecular formula is C18H16N2O2. The van der Waals surface area contributed by atoms with Gasteiger partial charge < -0.3 is 10.1 Å². The molecule has 4 nitrogen and oxygen atoms in total. The molecule has 1 heterocycles. The summed E-state index contributed by atoms with van der Waals surface area (Å²) in [6.07, 6.45) is 0. The molecule has 0 aliphatic carbocycles. The van der Waals surface area contributed by atoms with E-state index in [-0.39, 0.29) is 11.4 Å². The Morgan fingerprint density at radius 3 is 2.32 bits per heavy atom. The maximum Gasteiger partial charge on any atom is 0.345 e. The van der Waals surface area contributed by atoms with Gasteiger partial charge in [0.25, 0.3) is 0 Å². The van der Waals surface area contributed by atoms with Gasteiger partial charge in [-0.3, -0.25) is 0 Å². The number of nitrogens with zero attached hydrogens (tertiary/aromatic N) is 1. The first-order valence-electron chi connectivity index (χ1n) is 7.01. The molecule has 0 bridgehead atoms. The fourth-order valence-corrected chi connectivity index (χ4v) is 2.31. The zero-order valence-electron chi connectivity index (χ0n) is 12.4. The van der Waals surface area contributed by atoms with Crippen molar-refractivity contribution in [3.05, 3.63) is 70.1 Å². The summed E-state index contributed by atoms with van der Waals surface area (Å²) in [5.41, 5.74) is 4.56. The molecule has 2 aromatic carbocycles. The zero-order valence-corrected chi connectivity index (χ0v) is 12.4. The van der Waals surface area contributed by atoms with Crippen LogP contribution in [0.25, 0.3) is 22.5 Å². The Morgan fingerprint density at radius 2 is 1.64 bits per heavy atom. The van der Waals surface area contributed by atoms with Crippen LogP contribution < -0.4 is 5.69 Å². The minimum absolute atomic E-state index is 0.229. The lowest BCUT2D eigenvalue weighted by Crippen LogP contribution is -2.11. The normalized spacial score (nSPS) is 10.6. The summed E-state index contributed by atoms with van der Waals surface area (Å²) in [5, 5.41) is 9.62. The predicted molar refractivity (Wildman–Crippen MR) is 86.9 cm³/mol. The molecule has 0 radical (unpaired) electrons. The first-order valence-corrected chi connectivity index (χ1v) is 7.01. The molecule has 0 atom stereocenters. The molecule has 0 saturated heterocycles. The molecule has 3 aromatic rings. The molecule has 0 amide bonds. The highest BCUT2D eigenvalue weighted by molar-refractivity contribution is 5.68. The van der Waals surface area contributed by atoms with Crippen LogP contribution in [-0.2, 0) is 0 Å². The molecule has 0 fully saturated rings. The maximum atomic E-state index is 11.9. The van der Waals surface area contributed by atoms with Crippen molar-refractivity contribution in [1.29, 1.82) is 0 Å². The molecule has 0 aliphatic rings. The van der Waals surface area contributed by atoms with Crippen LogP contribution in [0.2, 0.25) is 0 Å². The lowest BCUT2D eigenvalue weighted by atomic mass is 10.0. The van der Waals surface area contributed by atoms with E-state index in [1.165, 1.54) is 0 Å². The third-order valence-electron chi connectivity index (χ3n) is 3.60. The monoisotopic (exact) mass is 292 g/mol. The average molecular weight is 292 g/mol.